The summed E-state index contributed by atoms with van der Waals surface area (Å²) in [5.41, 5.74) is 0. The third kappa shape index (κ3) is 6.58. The first-order chi connectivity index (χ1) is 8.19. The van der Waals surface area contributed by atoms with Crippen molar-refractivity contribution in [2.45, 2.75) is 26.9 Å². The highest BCUT2D eigenvalue weighted by atomic mass is 19.4. The van der Waals surface area contributed by atoms with Gasteiger partial charge in [0.05, 0.1) is 6.61 Å². The van der Waals surface area contributed by atoms with Gasteiger partial charge in [0.25, 0.3) is 0 Å². The van der Waals surface area contributed by atoms with Crippen LogP contribution in [0, 0.1) is 11.8 Å². The number of ketones is 1. The van der Waals surface area contributed by atoms with Gasteiger partial charge in [0.15, 0.2) is 5.78 Å². The zero-order valence-corrected chi connectivity index (χ0v) is 10.5. The van der Waals surface area contributed by atoms with Crippen molar-refractivity contribution in [1.82, 2.24) is 0 Å². The number of ether oxygens (including phenoxy) is 2. The van der Waals surface area contributed by atoms with Gasteiger partial charge in [-0.2, -0.15) is 13.2 Å². The molecule has 7 heteroatoms. The van der Waals surface area contributed by atoms with E-state index in [1.165, 1.54) is 0 Å². The predicted molar refractivity (Wildman–Crippen MR) is 56.8 cm³/mol. The molecule has 0 spiro atoms. The number of halogens is 3. The fraction of sp³-hybridized carbons (Fsp3) is 0.818. The Morgan fingerprint density at radius 3 is 2.17 bits per heavy atom. The molecular weight excluding hydrogens is 253 g/mol. The van der Waals surface area contributed by atoms with Crippen LogP contribution in [-0.2, 0) is 19.1 Å². The van der Waals surface area contributed by atoms with E-state index in [0.29, 0.717) is 0 Å². The SMILES string of the molecule is CCOC(=O)C(C(=O)COCC(F)(F)F)C(C)C. The Labute approximate surface area is 103 Å². The molecule has 0 aromatic carbocycles. The maximum Gasteiger partial charge on any atom is 0.411 e. The fourth-order valence-corrected chi connectivity index (χ4v) is 1.36. The lowest BCUT2D eigenvalue weighted by atomic mass is 9.92. The molecule has 0 saturated carbocycles. The summed E-state index contributed by atoms with van der Waals surface area (Å²) in [5, 5.41) is 0. The van der Waals surface area contributed by atoms with E-state index in [-0.39, 0.29) is 12.5 Å². The van der Waals surface area contributed by atoms with Crippen LogP contribution in [0.2, 0.25) is 0 Å². The van der Waals surface area contributed by atoms with E-state index < -0.39 is 37.1 Å². The maximum atomic E-state index is 11.8. The third-order valence-electron chi connectivity index (χ3n) is 2.06. The van der Waals surface area contributed by atoms with E-state index in [0.717, 1.165) is 0 Å². The van der Waals surface area contributed by atoms with Gasteiger partial charge < -0.3 is 9.47 Å². The molecule has 0 aliphatic heterocycles. The number of alkyl halides is 3. The second-order valence-corrected chi connectivity index (χ2v) is 4.05. The average molecular weight is 270 g/mol. The van der Waals surface area contributed by atoms with Crippen molar-refractivity contribution in [2.24, 2.45) is 11.8 Å². The minimum absolute atomic E-state index is 0.110. The van der Waals surface area contributed by atoms with Gasteiger partial charge in [-0.05, 0) is 12.8 Å². The highest BCUT2D eigenvalue weighted by molar-refractivity contribution is 5.99. The van der Waals surface area contributed by atoms with E-state index in [2.05, 4.69) is 4.74 Å². The first kappa shape index (κ1) is 16.9. The van der Waals surface area contributed by atoms with Gasteiger partial charge >= 0.3 is 12.1 Å². The minimum atomic E-state index is -4.49. The predicted octanol–water partition coefficient (Wildman–Crippen LogP) is 1.97. The lowest BCUT2D eigenvalue weighted by Gasteiger charge is -2.18. The first-order valence-corrected chi connectivity index (χ1v) is 5.52. The average Bonchev–Trinajstić information content (AvgIpc) is 2.15. The molecule has 0 N–H and O–H groups in total. The van der Waals surface area contributed by atoms with E-state index in [1.807, 2.05) is 0 Å². The molecule has 0 rings (SSSR count). The second kappa shape index (κ2) is 7.35. The normalized spacial score (nSPS) is 13.5. The van der Waals surface area contributed by atoms with Gasteiger partial charge in [0.2, 0.25) is 0 Å². The van der Waals surface area contributed by atoms with E-state index in [9.17, 15) is 22.8 Å². The number of rotatable bonds is 7. The number of hydrogen-bond acceptors (Lipinski definition) is 4. The number of carbonyl (C=O) groups is 2. The second-order valence-electron chi connectivity index (χ2n) is 4.05. The molecule has 0 aromatic rings. The highest BCUT2D eigenvalue weighted by Crippen LogP contribution is 2.17. The van der Waals surface area contributed by atoms with Crippen LogP contribution in [0.3, 0.4) is 0 Å². The van der Waals surface area contributed by atoms with Crippen molar-refractivity contribution in [3.8, 4) is 0 Å². The zero-order chi connectivity index (χ0) is 14.3. The van der Waals surface area contributed by atoms with Crippen LogP contribution in [0.15, 0.2) is 0 Å². The lowest BCUT2D eigenvalue weighted by Crippen LogP contribution is -2.34. The van der Waals surface area contributed by atoms with Crippen molar-refractivity contribution >= 4 is 11.8 Å². The number of esters is 1. The Morgan fingerprint density at radius 1 is 1.22 bits per heavy atom. The quantitative estimate of drug-likeness (QED) is 0.524. The third-order valence-corrected chi connectivity index (χ3v) is 2.06. The molecule has 1 unspecified atom stereocenters. The standard InChI is InChI=1S/C11H17F3O4/c1-4-18-10(16)9(7(2)3)8(15)5-17-6-11(12,13)14/h7,9H,4-6H2,1-3H3. The number of hydrogen-bond donors (Lipinski definition) is 0. The van der Waals surface area contributed by atoms with Crippen LogP contribution < -0.4 is 0 Å². The van der Waals surface area contributed by atoms with Gasteiger partial charge in [-0.15, -0.1) is 0 Å². The summed E-state index contributed by atoms with van der Waals surface area (Å²) >= 11 is 0. The monoisotopic (exact) mass is 270 g/mol. The van der Waals surface area contributed by atoms with E-state index >= 15 is 0 Å². The molecule has 0 aliphatic carbocycles. The molecule has 0 radical (unpaired) electrons. The summed E-state index contributed by atoms with van der Waals surface area (Å²) in [5.74, 6) is -2.87. The van der Waals surface area contributed by atoms with Crippen LogP contribution in [0.25, 0.3) is 0 Å². The molecule has 0 bridgehead atoms. The van der Waals surface area contributed by atoms with Gasteiger partial charge in [-0.3, -0.25) is 9.59 Å². The summed E-state index contributed by atoms with van der Waals surface area (Å²) in [6.45, 7) is 2.67. The number of Topliss-reactive ketones (excluding diaryl/α,β-unsaturated/α-hetero) is 1. The highest BCUT2D eigenvalue weighted by Gasteiger charge is 2.33. The van der Waals surface area contributed by atoms with Gasteiger partial charge in [-0.1, -0.05) is 13.8 Å². The van der Waals surface area contributed by atoms with Crippen LogP contribution in [0.4, 0.5) is 13.2 Å². The molecule has 106 valence electrons. The van der Waals surface area contributed by atoms with E-state index in [1.54, 1.807) is 20.8 Å². The van der Waals surface area contributed by atoms with Crippen molar-refractivity contribution in [3.63, 3.8) is 0 Å². The molecule has 0 aromatic heterocycles. The Bertz CT molecular complexity index is 287. The Morgan fingerprint density at radius 2 is 1.78 bits per heavy atom. The summed E-state index contributed by atoms with van der Waals surface area (Å²) in [4.78, 5) is 23.1. The van der Waals surface area contributed by atoms with Crippen molar-refractivity contribution < 1.29 is 32.2 Å². The van der Waals surface area contributed by atoms with Gasteiger partial charge in [0, 0.05) is 0 Å². The van der Waals surface area contributed by atoms with Crippen LogP contribution in [0.1, 0.15) is 20.8 Å². The molecular formula is C11H17F3O4. The molecule has 0 amide bonds. The van der Waals surface area contributed by atoms with Gasteiger partial charge in [-0.25, -0.2) is 0 Å². The van der Waals surface area contributed by atoms with Gasteiger partial charge in [0.1, 0.15) is 19.1 Å². The van der Waals surface area contributed by atoms with Crippen LogP contribution in [-0.4, -0.2) is 37.7 Å². The summed E-state index contributed by atoms with van der Waals surface area (Å²) in [7, 11) is 0. The summed E-state index contributed by atoms with van der Waals surface area (Å²) in [6, 6.07) is 0. The Balaban J connectivity index is 4.37. The molecule has 0 saturated heterocycles. The largest absolute Gasteiger partial charge is 0.465 e. The topological polar surface area (TPSA) is 52.6 Å². The summed E-state index contributed by atoms with van der Waals surface area (Å²) < 4.78 is 44.4. The van der Waals surface area contributed by atoms with Crippen LogP contribution >= 0.6 is 0 Å². The molecule has 0 fully saturated rings. The van der Waals surface area contributed by atoms with Crippen molar-refractivity contribution in [2.75, 3.05) is 19.8 Å². The maximum absolute atomic E-state index is 11.8. The Hall–Kier alpha value is -1.11. The van der Waals surface area contributed by atoms with Crippen molar-refractivity contribution in [1.29, 1.82) is 0 Å². The molecule has 18 heavy (non-hydrogen) atoms. The first-order valence-electron chi connectivity index (χ1n) is 5.52. The molecule has 0 heterocycles. The number of carbonyl (C=O) groups excluding carboxylic acids is 2. The lowest BCUT2D eigenvalue weighted by molar-refractivity contribution is -0.177. The smallest absolute Gasteiger partial charge is 0.411 e. The molecule has 1 atom stereocenters. The zero-order valence-electron chi connectivity index (χ0n) is 10.5. The summed E-state index contributed by atoms with van der Waals surface area (Å²) in [6.07, 6.45) is -4.49. The minimum Gasteiger partial charge on any atom is -0.465 e. The Kier molecular flexibility index (Phi) is 6.90. The molecule has 4 nitrogen and oxygen atoms in total. The molecule has 0 aliphatic rings. The van der Waals surface area contributed by atoms with Crippen LogP contribution in [0.5, 0.6) is 0 Å². The van der Waals surface area contributed by atoms with E-state index in [4.69, 9.17) is 4.74 Å². The fourth-order valence-electron chi connectivity index (χ4n) is 1.36. The van der Waals surface area contributed by atoms with Crippen molar-refractivity contribution in [3.05, 3.63) is 0 Å².